The first-order valence-electron chi connectivity index (χ1n) is 5.96. The van der Waals surface area contributed by atoms with E-state index < -0.39 is 17.5 Å². The molecule has 1 rings (SSSR count). The summed E-state index contributed by atoms with van der Waals surface area (Å²) in [5.74, 6) is -1.60. The molecule has 1 amide bonds. The molecule has 1 aromatic carbocycles. The van der Waals surface area contributed by atoms with Gasteiger partial charge in [0.05, 0.1) is 12.1 Å². The summed E-state index contributed by atoms with van der Waals surface area (Å²) in [6.45, 7) is 0.0380. The number of nitrogens with two attached hydrogens (primary N) is 1. The smallest absolute Gasteiger partial charge is 0.257 e. The lowest BCUT2D eigenvalue weighted by Gasteiger charge is -2.18. The molecule has 0 spiro atoms. The number of hydrogen-bond acceptors (Lipinski definition) is 5. The van der Waals surface area contributed by atoms with Crippen molar-refractivity contribution in [3.8, 4) is 11.8 Å². The lowest BCUT2D eigenvalue weighted by atomic mass is 10.1. The molecule has 110 valence electrons. The number of nitriles is 1. The summed E-state index contributed by atoms with van der Waals surface area (Å²) in [5, 5.41) is 18.3. The average Bonchev–Trinajstić information content (AvgIpc) is 2.44. The second kappa shape index (κ2) is 7.05. The molecular formula is C14H15FN4O2. The number of aliphatic imine (C=N–C) groups is 1. The van der Waals surface area contributed by atoms with Crippen molar-refractivity contribution in [1.82, 2.24) is 4.90 Å². The van der Waals surface area contributed by atoms with Crippen LogP contribution in [0.2, 0.25) is 0 Å². The molecule has 0 bridgehead atoms. The number of carbonyl (C=O) groups is 1. The van der Waals surface area contributed by atoms with E-state index in [9.17, 15) is 14.3 Å². The number of rotatable bonds is 4. The number of aromatic hydroxyl groups is 1. The fraction of sp³-hybridized carbons (Fsp3) is 0.214. The zero-order valence-corrected chi connectivity index (χ0v) is 11.7. The van der Waals surface area contributed by atoms with E-state index in [0.29, 0.717) is 0 Å². The molecule has 0 saturated carbocycles. The van der Waals surface area contributed by atoms with Crippen LogP contribution in [0, 0.1) is 17.1 Å². The molecule has 1 aromatic rings. The largest absolute Gasteiger partial charge is 0.507 e. The van der Waals surface area contributed by atoms with Gasteiger partial charge in [-0.15, -0.1) is 0 Å². The molecule has 6 nitrogen and oxygen atoms in total. The van der Waals surface area contributed by atoms with Gasteiger partial charge in [0.2, 0.25) is 0 Å². The van der Waals surface area contributed by atoms with E-state index in [0.717, 1.165) is 12.1 Å². The minimum Gasteiger partial charge on any atom is -0.507 e. The first-order valence-corrected chi connectivity index (χ1v) is 5.96. The van der Waals surface area contributed by atoms with Crippen LogP contribution in [0.5, 0.6) is 5.75 Å². The summed E-state index contributed by atoms with van der Waals surface area (Å²) in [6, 6.07) is 4.97. The molecule has 21 heavy (non-hydrogen) atoms. The van der Waals surface area contributed by atoms with E-state index in [1.807, 2.05) is 6.07 Å². The maximum absolute atomic E-state index is 12.9. The van der Waals surface area contributed by atoms with Crippen LogP contribution in [0.15, 0.2) is 35.0 Å². The molecule has 0 heterocycles. The Labute approximate surface area is 121 Å². The topological polar surface area (TPSA) is 103 Å². The van der Waals surface area contributed by atoms with Gasteiger partial charge in [0.15, 0.2) is 0 Å². The van der Waals surface area contributed by atoms with Crippen molar-refractivity contribution in [3.05, 3.63) is 41.4 Å². The van der Waals surface area contributed by atoms with E-state index in [-0.39, 0.29) is 23.5 Å². The number of benzene rings is 1. The number of halogens is 1. The van der Waals surface area contributed by atoms with Crippen LogP contribution in [-0.4, -0.2) is 42.3 Å². The molecule has 0 aliphatic heterocycles. The molecule has 0 fully saturated rings. The van der Waals surface area contributed by atoms with Gasteiger partial charge in [-0.05, 0) is 18.2 Å². The first-order chi connectivity index (χ1) is 9.88. The average molecular weight is 290 g/mol. The van der Waals surface area contributed by atoms with Gasteiger partial charge in [0.25, 0.3) is 5.91 Å². The van der Waals surface area contributed by atoms with Crippen molar-refractivity contribution < 1.29 is 14.3 Å². The van der Waals surface area contributed by atoms with Crippen LogP contribution >= 0.6 is 0 Å². The Bertz CT molecular complexity index is 647. The Morgan fingerprint density at radius 2 is 2.29 bits per heavy atom. The lowest BCUT2D eigenvalue weighted by molar-refractivity contribution is 0.0803. The van der Waals surface area contributed by atoms with E-state index >= 15 is 0 Å². The van der Waals surface area contributed by atoms with Crippen LogP contribution in [0.25, 0.3) is 0 Å². The molecule has 7 heteroatoms. The van der Waals surface area contributed by atoms with Gasteiger partial charge in [0, 0.05) is 25.9 Å². The zero-order chi connectivity index (χ0) is 16.0. The number of amides is 1. The second-order valence-electron chi connectivity index (χ2n) is 4.26. The Morgan fingerprint density at radius 3 is 2.81 bits per heavy atom. The highest BCUT2D eigenvalue weighted by Gasteiger charge is 2.16. The maximum atomic E-state index is 12.9. The summed E-state index contributed by atoms with van der Waals surface area (Å²) in [4.78, 5) is 17.0. The minimum absolute atomic E-state index is 0.0311. The molecule has 0 unspecified atom stereocenters. The lowest BCUT2D eigenvalue weighted by Crippen LogP contribution is -2.31. The molecule has 0 radical (unpaired) electrons. The highest BCUT2D eigenvalue weighted by Crippen LogP contribution is 2.19. The third-order valence-corrected chi connectivity index (χ3v) is 2.63. The standard InChI is InChI=1S/C14H15FN4O2/c1-18-11(7-16)6-10(17)8-19(2)14(21)12-4-3-9(15)5-13(12)20/h3-6,20H,8,17H2,1-2H3. The van der Waals surface area contributed by atoms with Gasteiger partial charge in [-0.25, -0.2) is 4.39 Å². The maximum Gasteiger partial charge on any atom is 0.257 e. The zero-order valence-electron chi connectivity index (χ0n) is 11.7. The monoisotopic (exact) mass is 290 g/mol. The van der Waals surface area contributed by atoms with E-state index in [1.54, 1.807) is 0 Å². The molecule has 0 aliphatic carbocycles. The quantitative estimate of drug-likeness (QED) is 0.809. The fourth-order valence-electron chi connectivity index (χ4n) is 1.61. The van der Waals surface area contributed by atoms with Gasteiger partial charge in [-0.1, -0.05) is 0 Å². The Morgan fingerprint density at radius 1 is 1.62 bits per heavy atom. The first kappa shape index (κ1) is 16.2. The minimum atomic E-state index is -0.635. The highest BCUT2D eigenvalue weighted by molar-refractivity contribution is 6.07. The van der Waals surface area contributed by atoms with Crippen molar-refractivity contribution in [1.29, 1.82) is 5.26 Å². The SMILES string of the molecule is CN=C(C#N)C=C(N)CN(C)C(=O)c1ccc(F)cc1O. The van der Waals surface area contributed by atoms with Crippen molar-refractivity contribution in [2.75, 3.05) is 20.6 Å². The molecule has 0 atom stereocenters. The number of allylic oxidation sites excluding steroid dienone is 1. The number of phenolic OH excluding ortho intramolecular Hbond substituents is 1. The number of hydrogen-bond donors (Lipinski definition) is 2. The van der Waals surface area contributed by atoms with Crippen molar-refractivity contribution >= 4 is 11.6 Å². The Balaban J connectivity index is 2.87. The molecular weight excluding hydrogens is 275 g/mol. The van der Waals surface area contributed by atoms with Crippen LogP contribution in [-0.2, 0) is 0 Å². The van der Waals surface area contributed by atoms with Crippen molar-refractivity contribution in [3.63, 3.8) is 0 Å². The summed E-state index contributed by atoms with van der Waals surface area (Å²) in [6.07, 6.45) is 1.36. The fourth-order valence-corrected chi connectivity index (χ4v) is 1.61. The normalized spacial score (nSPS) is 11.9. The van der Waals surface area contributed by atoms with Gasteiger partial charge >= 0.3 is 0 Å². The van der Waals surface area contributed by atoms with Gasteiger partial charge in [-0.2, -0.15) is 5.26 Å². The molecule has 0 aliphatic rings. The van der Waals surface area contributed by atoms with E-state index in [1.165, 1.54) is 31.1 Å². The molecule has 0 aromatic heterocycles. The van der Waals surface area contributed by atoms with Gasteiger partial charge in [0.1, 0.15) is 23.3 Å². The predicted octanol–water partition coefficient (Wildman–Crippen LogP) is 1.04. The number of phenols is 1. The molecule has 3 N–H and O–H groups in total. The predicted molar refractivity (Wildman–Crippen MR) is 76.3 cm³/mol. The number of carbonyl (C=O) groups excluding carboxylic acids is 1. The highest BCUT2D eigenvalue weighted by atomic mass is 19.1. The Kier molecular flexibility index (Phi) is 5.43. The Hall–Kier alpha value is -2.88. The van der Waals surface area contributed by atoms with E-state index in [4.69, 9.17) is 11.0 Å². The second-order valence-corrected chi connectivity index (χ2v) is 4.26. The van der Waals surface area contributed by atoms with Crippen molar-refractivity contribution in [2.45, 2.75) is 0 Å². The summed E-state index contributed by atoms with van der Waals surface area (Å²) in [7, 11) is 2.93. The summed E-state index contributed by atoms with van der Waals surface area (Å²) >= 11 is 0. The number of nitrogens with zero attached hydrogens (tertiary/aromatic N) is 3. The van der Waals surface area contributed by atoms with Gasteiger partial charge in [-0.3, -0.25) is 9.79 Å². The van der Waals surface area contributed by atoms with Gasteiger partial charge < -0.3 is 15.7 Å². The summed E-state index contributed by atoms with van der Waals surface area (Å²) in [5.41, 5.74) is 6.08. The third-order valence-electron chi connectivity index (χ3n) is 2.63. The number of likely N-dealkylation sites (N-methyl/N-ethyl adjacent to an activating group) is 1. The van der Waals surface area contributed by atoms with E-state index in [2.05, 4.69) is 4.99 Å². The third kappa shape index (κ3) is 4.31. The molecule has 0 saturated heterocycles. The van der Waals surface area contributed by atoms with Crippen LogP contribution < -0.4 is 5.73 Å². The van der Waals surface area contributed by atoms with Crippen LogP contribution in [0.1, 0.15) is 10.4 Å². The van der Waals surface area contributed by atoms with Crippen molar-refractivity contribution in [2.24, 2.45) is 10.7 Å². The van der Waals surface area contributed by atoms with Crippen LogP contribution in [0.4, 0.5) is 4.39 Å². The van der Waals surface area contributed by atoms with Crippen LogP contribution in [0.3, 0.4) is 0 Å². The summed E-state index contributed by atoms with van der Waals surface area (Å²) < 4.78 is 12.9.